The molecule has 0 spiro atoms. The fraction of sp³-hybridized carbons (Fsp3) is 0.867. The third kappa shape index (κ3) is 2.99. The van der Waals surface area contributed by atoms with Crippen molar-refractivity contribution in [3.63, 3.8) is 0 Å². The largest absolute Gasteiger partial charge is 0.339 e. The Morgan fingerprint density at radius 3 is 2.53 bits per heavy atom. The zero-order valence-electron chi connectivity index (χ0n) is 11.9. The van der Waals surface area contributed by atoms with Gasteiger partial charge in [0.1, 0.15) is 0 Å². The Bertz CT molecular complexity index is 392. The van der Waals surface area contributed by atoms with Gasteiger partial charge in [0.2, 0.25) is 5.89 Å². The van der Waals surface area contributed by atoms with Crippen LogP contribution in [0.5, 0.6) is 0 Å². The lowest BCUT2D eigenvalue weighted by atomic mass is 9.95. The van der Waals surface area contributed by atoms with Crippen molar-refractivity contribution in [1.82, 2.24) is 15.5 Å². The molecule has 0 aliphatic heterocycles. The van der Waals surface area contributed by atoms with Crippen LogP contribution in [0, 0.1) is 5.92 Å². The Morgan fingerprint density at radius 2 is 1.84 bits per heavy atom. The maximum atomic E-state index is 5.47. The molecule has 4 heteroatoms. The summed E-state index contributed by atoms with van der Waals surface area (Å²) < 4.78 is 5.47. The SMILES string of the molecule is CNC(Cc1nc(C2CCCC2)no1)C1CCCC1. The van der Waals surface area contributed by atoms with E-state index in [2.05, 4.69) is 22.5 Å². The van der Waals surface area contributed by atoms with E-state index in [0.29, 0.717) is 12.0 Å². The minimum absolute atomic E-state index is 0.499. The van der Waals surface area contributed by atoms with Crippen molar-refractivity contribution < 1.29 is 4.52 Å². The second-order valence-electron chi connectivity index (χ2n) is 6.17. The molecule has 0 saturated heterocycles. The van der Waals surface area contributed by atoms with Gasteiger partial charge in [0.15, 0.2) is 5.82 Å². The molecule has 2 fully saturated rings. The summed E-state index contributed by atoms with van der Waals surface area (Å²) >= 11 is 0. The first-order valence-electron chi connectivity index (χ1n) is 7.86. The molecular formula is C15H25N3O. The summed E-state index contributed by atoms with van der Waals surface area (Å²) in [5, 5.41) is 7.64. The Labute approximate surface area is 115 Å². The van der Waals surface area contributed by atoms with Crippen LogP contribution in [0.3, 0.4) is 0 Å². The van der Waals surface area contributed by atoms with Gasteiger partial charge in [-0.1, -0.05) is 30.8 Å². The highest BCUT2D eigenvalue weighted by Gasteiger charge is 2.27. The molecule has 4 nitrogen and oxygen atoms in total. The van der Waals surface area contributed by atoms with E-state index in [0.717, 1.165) is 24.1 Å². The Morgan fingerprint density at radius 1 is 1.16 bits per heavy atom. The van der Waals surface area contributed by atoms with Crippen molar-refractivity contribution in [2.45, 2.75) is 69.7 Å². The normalized spacial score (nSPS) is 23.2. The molecule has 0 bridgehead atoms. The van der Waals surface area contributed by atoms with Crippen LogP contribution in [0.25, 0.3) is 0 Å². The molecule has 0 amide bonds. The minimum atomic E-state index is 0.499. The summed E-state index contributed by atoms with van der Waals surface area (Å²) in [6, 6.07) is 0.499. The Kier molecular flexibility index (Phi) is 4.16. The van der Waals surface area contributed by atoms with Gasteiger partial charge in [0.25, 0.3) is 0 Å². The zero-order chi connectivity index (χ0) is 13.1. The number of rotatable bonds is 5. The summed E-state index contributed by atoms with van der Waals surface area (Å²) in [5.41, 5.74) is 0. The number of aromatic nitrogens is 2. The fourth-order valence-electron chi connectivity index (χ4n) is 3.75. The summed E-state index contributed by atoms with van der Waals surface area (Å²) in [4.78, 5) is 4.63. The van der Waals surface area contributed by atoms with Crippen LogP contribution in [0.2, 0.25) is 0 Å². The molecule has 2 aliphatic rings. The van der Waals surface area contributed by atoms with Gasteiger partial charge in [0, 0.05) is 18.4 Å². The Balaban J connectivity index is 1.61. The lowest BCUT2D eigenvalue weighted by Crippen LogP contribution is -2.34. The zero-order valence-corrected chi connectivity index (χ0v) is 11.9. The van der Waals surface area contributed by atoms with Crippen molar-refractivity contribution in [3.8, 4) is 0 Å². The molecule has 2 aliphatic carbocycles. The maximum Gasteiger partial charge on any atom is 0.228 e. The van der Waals surface area contributed by atoms with E-state index < -0.39 is 0 Å². The number of likely N-dealkylation sites (N-methyl/N-ethyl adjacent to an activating group) is 1. The molecule has 1 atom stereocenters. The van der Waals surface area contributed by atoms with Crippen molar-refractivity contribution in [2.75, 3.05) is 7.05 Å². The van der Waals surface area contributed by atoms with Gasteiger partial charge in [-0.05, 0) is 38.6 Å². The van der Waals surface area contributed by atoms with E-state index in [1.807, 2.05) is 0 Å². The van der Waals surface area contributed by atoms with Gasteiger partial charge >= 0.3 is 0 Å². The maximum absolute atomic E-state index is 5.47. The molecule has 106 valence electrons. The Hall–Kier alpha value is -0.900. The lowest BCUT2D eigenvalue weighted by Gasteiger charge is -2.20. The number of hydrogen-bond acceptors (Lipinski definition) is 4. The quantitative estimate of drug-likeness (QED) is 0.887. The molecule has 1 N–H and O–H groups in total. The highest BCUT2D eigenvalue weighted by molar-refractivity contribution is 4.99. The third-order valence-corrected chi connectivity index (χ3v) is 4.94. The number of hydrogen-bond donors (Lipinski definition) is 1. The van der Waals surface area contributed by atoms with Gasteiger partial charge in [-0.15, -0.1) is 0 Å². The molecule has 1 aromatic heterocycles. The molecule has 1 aromatic rings. The van der Waals surface area contributed by atoms with Gasteiger partial charge in [-0.2, -0.15) is 4.98 Å². The van der Waals surface area contributed by atoms with Crippen LogP contribution in [0.1, 0.15) is 69.0 Å². The molecule has 19 heavy (non-hydrogen) atoms. The average Bonchev–Trinajstić information content (AvgIpc) is 3.15. The molecule has 0 aromatic carbocycles. The molecular weight excluding hydrogens is 238 g/mol. The minimum Gasteiger partial charge on any atom is -0.339 e. The van der Waals surface area contributed by atoms with Gasteiger partial charge in [-0.3, -0.25) is 0 Å². The standard InChI is InChI=1S/C15H25N3O/c1-16-13(11-6-2-3-7-11)10-14-17-15(18-19-14)12-8-4-5-9-12/h11-13,16H,2-10H2,1H3. The lowest BCUT2D eigenvalue weighted by molar-refractivity contribution is 0.316. The topological polar surface area (TPSA) is 51.0 Å². The van der Waals surface area contributed by atoms with E-state index in [1.54, 1.807) is 0 Å². The van der Waals surface area contributed by atoms with Crippen molar-refractivity contribution in [3.05, 3.63) is 11.7 Å². The van der Waals surface area contributed by atoms with E-state index in [4.69, 9.17) is 4.52 Å². The summed E-state index contributed by atoms with van der Waals surface area (Å²) in [5.74, 6) is 3.12. The molecule has 3 rings (SSSR count). The predicted octanol–water partition coefficient (Wildman–Crippen LogP) is 3.05. The van der Waals surface area contributed by atoms with Gasteiger partial charge < -0.3 is 9.84 Å². The highest BCUT2D eigenvalue weighted by atomic mass is 16.5. The average molecular weight is 263 g/mol. The van der Waals surface area contributed by atoms with Crippen LogP contribution in [0.15, 0.2) is 4.52 Å². The predicted molar refractivity (Wildman–Crippen MR) is 74.0 cm³/mol. The second kappa shape index (κ2) is 6.04. The van der Waals surface area contributed by atoms with Crippen molar-refractivity contribution >= 4 is 0 Å². The van der Waals surface area contributed by atoms with Crippen LogP contribution in [-0.2, 0) is 6.42 Å². The van der Waals surface area contributed by atoms with Crippen LogP contribution < -0.4 is 5.32 Å². The monoisotopic (exact) mass is 263 g/mol. The number of nitrogens with one attached hydrogen (secondary N) is 1. The summed E-state index contributed by atoms with van der Waals surface area (Å²) in [7, 11) is 2.05. The highest BCUT2D eigenvalue weighted by Crippen LogP contribution is 2.33. The van der Waals surface area contributed by atoms with Gasteiger partial charge in [0.05, 0.1) is 0 Å². The van der Waals surface area contributed by atoms with E-state index >= 15 is 0 Å². The first-order chi connectivity index (χ1) is 9.36. The summed E-state index contributed by atoms with van der Waals surface area (Å²) in [6.45, 7) is 0. The third-order valence-electron chi connectivity index (χ3n) is 4.94. The van der Waals surface area contributed by atoms with Crippen LogP contribution in [0.4, 0.5) is 0 Å². The summed E-state index contributed by atoms with van der Waals surface area (Å²) in [6.07, 6.45) is 11.4. The first-order valence-corrected chi connectivity index (χ1v) is 7.86. The van der Waals surface area contributed by atoms with Crippen molar-refractivity contribution in [1.29, 1.82) is 0 Å². The smallest absolute Gasteiger partial charge is 0.228 e. The first kappa shape index (κ1) is 13.1. The second-order valence-corrected chi connectivity index (χ2v) is 6.17. The van der Waals surface area contributed by atoms with Crippen LogP contribution >= 0.6 is 0 Å². The van der Waals surface area contributed by atoms with Crippen LogP contribution in [-0.4, -0.2) is 23.2 Å². The number of nitrogens with zero attached hydrogens (tertiary/aromatic N) is 2. The fourth-order valence-corrected chi connectivity index (χ4v) is 3.75. The van der Waals surface area contributed by atoms with Gasteiger partial charge in [-0.25, -0.2) is 0 Å². The van der Waals surface area contributed by atoms with E-state index in [1.165, 1.54) is 51.4 Å². The molecule has 1 unspecified atom stereocenters. The van der Waals surface area contributed by atoms with Crippen molar-refractivity contribution in [2.24, 2.45) is 5.92 Å². The van der Waals surface area contributed by atoms with E-state index in [9.17, 15) is 0 Å². The van der Waals surface area contributed by atoms with E-state index in [-0.39, 0.29) is 0 Å². The molecule has 1 heterocycles. The molecule has 2 saturated carbocycles. The molecule has 0 radical (unpaired) electrons.